The maximum atomic E-state index is 13.5. The van der Waals surface area contributed by atoms with Gasteiger partial charge in [-0.2, -0.15) is 0 Å². The van der Waals surface area contributed by atoms with E-state index in [1.165, 1.54) is 18.4 Å². The first-order chi connectivity index (χ1) is 8.04. The fourth-order valence-corrected chi connectivity index (χ4v) is 2.13. The van der Waals surface area contributed by atoms with Gasteiger partial charge in [0.05, 0.1) is 0 Å². The lowest BCUT2D eigenvalue weighted by molar-refractivity contribution is 0.481. The lowest BCUT2D eigenvalue weighted by Crippen LogP contribution is -2.12. The Morgan fingerprint density at radius 2 is 1.76 bits per heavy atom. The van der Waals surface area contributed by atoms with Crippen molar-refractivity contribution in [1.82, 2.24) is 5.32 Å². The number of hydrogen-bond donors (Lipinski definition) is 1. The van der Waals surface area contributed by atoms with Crippen LogP contribution in [-0.4, -0.2) is 13.6 Å². The molecular weight excluding hydrogens is 213 g/mol. The van der Waals surface area contributed by atoms with Gasteiger partial charge in [-0.15, -0.1) is 0 Å². The van der Waals surface area contributed by atoms with Crippen LogP contribution in [0.4, 0.5) is 4.39 Å². The van der Waals surface area contributed by atoms with Gasteiger partial charge in [0.1, 0.15) is 5.82 Å². The van der Waals surface area contributed by atoms with Crippen LogP contribution in [0.25, 0.3) is 0 Å². The highest BCUT2D eigenvalue weighted by atomic mass is 19.1. The van der Waals surface area contributed by atoms with Gasteiger partial charge in [0, 0.05) is 0 Å². The van der Waals surface area contributed by atoms with Crippen LogP contribution in [0.15, 0.2) is 12.1 Å². The van der Waals surface area contributed by atoms with Crippen LogP contribution in [0.3, 0.4) is 0 Å². The van der Waals surface area contributed by atoms with E-state index in [1.807, 2.05) is 33.0 Å². The van der Waals surface area contributed by atoms with Crippen molar-refractivity contribution in [2.24, 2.45) is 5.92 Å². The van der Waals surface area contributed by atoms with Crippen molar-refractivity contribution in [3.63, 3.8) is 0 Å². The summed E-state index contributed by atoms with van der Waals surface area (Å²) < 4.78 is 13.5. The lowest BCUT2D eigenvalue weighted by Gasteiger charge is -2.12. The molecular formula is C15H24FN. The molecule has 1 rings (SSSR count). The Hall–Kier alpha value is -0.890. The van der Waals surface area contributed by atoms with E-state index in [0.29, 0.717) is 5.92 Å². The lowest BCUT2D eigenvalue weighted by atomic mass is 9.96. The molecule has 0 saturated carbocycles. The summed E-state index contributed by atoms with van der Waals surface area (Å²) in [5.74, 6) is 0.657. The average Bonchev–Trinajstić information content (AvgIpc) is 2.30. The van der Waals surface area contributed by atoms with Gasteiger partial charge in [-0.05, 0) is 69.3 Å². The van der Waals surface area contributed by atoms with Gasteiger partial charge in [-0.1, -0.05) is 19.1 Å². The third-order valence-corrected chi connectivity index (χ3v) is 3.31. The molecule has 1 unspecified atom stereocenters. The zero-order valence-corrected chi connectivity index (χ0v) is 11.4. The van der Waals surface area contributed by atoms with Crippen LogP contribution >= 0.6 is 0 Å². The Kier molecular flexibility index (Phi) is 5.63. The molecule has 0 fully saturated rings. The fraction of sp³-hybridized carbons (Fsp3) is 0.600. The summed E-state index contributed by atoms with van der Waals surface area (Å²) >= 11 is 0. The van der Waals surface area contributed by atoms with Crippen LogP contribution in [0.5, 0.6) is 0 Å². The Morgan fingerprint density at radius 3 is 2.29 bits per heavy atom. The van der Waals surface area contributed by atoms with Crippen molar-refractivity contribution < 1.29 is 4.39 Å². The SMILES string of the molecule is CNCCC(C)CCc1cc(C)c(F)c(C)c1. The molecule has 96 valence electrons. The summed E-state index contributed by atoms with van der Waals surface area (Å²) in [7, 11) is 1.99. The van der Waals surface area contributed by atoms with Gasteiger partial charge in [0.2, 0.25) is 0 Å². The number of rotatable bonds is 6. The van der Waals surface area contributed by atoms with Crippen molar-refractivity contribution in [2.75, 3.05) is 13.6 Å². The quantitative estimate of drug-likeness (QED) is 0.797. The van der Waals surface area contributed by atoms with E-state index in [2.05, 4.69) is 12.2 Å². The second-order valence-corrected chi connectivity index (χ2v) is 5.08. The molecule has 1 nitrogen and oxygen atoms in total. The maximum absolute atomic E-state index is 13.5. The van der Waals surface area contributed by atoms with Gasteiger partial charge in [0.25, 0.3) is 0 Å². The molecule has 1 aromatic carbocycles. The monoisotopic (exact) mass is 237 g/mol. The van der Waals surface area contributed by atoms with Crippen LogP contribution in [0.1, 0.15) is 36.5 Å². The van der Waals surface area contributed by atoms with Crippen LogP contribution in [0.2, 0.25) is 0 Å². The molecule has 0 aromatic heterocycles. The summed E-state index contributed by atoms with van der Waals surface area (Å²) in [4.78, 5) is 0. The number of halogens is 1. The van der Waals surface area contributed by atoms with E-state index in [9.17, 15) is 4.39 Å². The van der Waals surface area contributed by atoms with E-state index in [1.54, 1.807) is 0 Å². The van der Waals surface area contributed by atoms with Crippen molar-refractivity contribution in [1.29, 1.82) is 0 Å². The molecule has 1 N–H and O–H groups in total. The standard InChI is InChI=1S/C15H24FN/c1-11(7-8-17-4)5-6-14-9-12(2)15(16)13(3)10-14/h9-11,17H,5-8H2,1-4H3. The fourth-order valence-electron chi connectivity index (χ4n) is 2.13. The minimum atomic E-state index is -0.0584. The van der Waals surface area contributed by atoms with Crippen LogP contribution in [0, 0.1) is 25.6 Å². The Labute approximate surface area is 104 Å². The average molecular weight is 237 g/mol. The molecule has 0 aliphatic carbocycles. The van der Waals surface area contributed by atoms with Gasteiger partial charge in [-0.3, -0.25) is 0 Å². The molecule has 0 radical (unpaired) electrons. The first kappa shape index (κ1) is 14.2. The highest BCUT2D eigenvalue weighted by molar-refractivity contribution is 5.30. The van der Waals surface area contributed by atoms with Crippen LogP contribution < -0.4 is 5.32 Å². The molecule has 2 heteroatoms. The van der Waals surface area contributed by atoms with E-state index < -0.39 is 0 Å². The summed E-state index contributed by atoms with van der Waals surface area (Å²) in [5.41, 5.74) is 2.79. The second kappa shape index (κ2) is 6.75. The third-order valence-electron chi connectivity index (χ3n) is 3.31. The summed E-state index contributed by atoms with van der Waals surface area (Å²) in [6.45, 7) is 7.04. The Bertz CT molecular complexity index is 337. The van der Waals surface area contributed by atoms with Crippen molar-refractivity contribution in [2.45, 2.75) is 40.0 Å². The van der Waals surface area contributed by atoms with E-state index in [-0.39, 0.29) is 5.82 Å². The van der Waals surface area contributed by atoms with Crippen molar-refractivity contribution >= 4 is 0 Å². The molecule has 0 amide bonds. The summed E-state index contributed by atoms with van der Waals surface area (Å²) in [5, 5.41) is 3.17. The molecule has 0 saturated heterocycles. The van der Waals surface area contributed by atoms with Gasteiger partial charge < -0.3 is 5.32 Å². The van der Waals surface area contributed by atoms with Crippen molar-refractivity contribution in [3.05, 3.63) is 34.6 Å². The topological polar surface area (TPSA) is 12.0 Å². The minimum absolute atomic E-state index is 0.0584. The minimum Gasteiger partial charge on any atom is -0.320 e. The summed E-state index contributed by atoms with van der Waals surface area (Å²) in [6.07, 6.45) is 3.43. The largest absolute Gasteiger partial charge is 0.320 e. The zero-order chi connectivity index (χ0) is 12.8. The Morgan fingerprint density at radius 1 is 1.18 bits per heavy atom. The predicted octanol–water partition coefficient (Wildman–Crippen LogP) is 3.62. The predicted molar refractivity (Wildman–Crippen MR) is 71.9 cm³/mol. The molecule has 1 aromatic rings. The first-order valence-electron chi connectivity index (χ1n) is 6.44. The zero-order valence-electron chi connectivity index (χ0n) is 11.4. The molecule has 17 heavy (non-hydrogen) atoms. The molecule has 1 atom stereocenters. The van der Waals surface area contributed by atoms with Gasteiger partial charge in [0.15, 0.2) is 0 Å². The van der Waals surface area contributed by atoms with Crippen LogP contribution in [-0.2, 0) is 6.42 Å². The van der Waals surface area contributed by atoms with E-state index in [4.69, 9.17) is 0 Å². The molecule has 0 heterocycles. The van der Waals surface area contributed by atoms with E-state index in [0.717, 1.165) is 24.1 Å². The second-order valence-electron chi connectivity index (χ2n) is 5.08. The number of hydrogen-bond acceptors (Lipinski definition) is 1. The highest BCUT2D eigenvalue weighted by Gasteiger charge is 2.06. The normalized spacial score (nSPS) is 12.8. The van der Waals surface area contributed by atoms with Crippen molar-refractivity contribution in [3.8, 4) is 0 Å². The molecule has 0 spiro atoms. The number of aryl methyl sites for hydroxylation is 3. The van der Waals surface area contributed by atoms with Gasteiger partial charge >= 0.3 is 0 Å². The smallest absolute Gasteiger partial charge is 0.129 e. The number of benzene rings is 1. The van der Waals surface area contributed by atoms with E-state index >= 15 is 0 Å². The highest BCUT2D eigenvalue weighted by Crippen LogP contribution is 2.18. The molecule has 0 aliphatic rings. The first-order valence-corrected chi connectivity index (χ1v) is 6.44. The maximum Gasteiger partial charge on any atom is 0.129 e. The third kappa shape index (κ3) is 4.47. The summed E-state index contributed by atoms with van der Waals surface area (Å²) in [6, 6.07) is 3.96. The Balaban J connectivity index is 2.52. The molecule has 0 aliphatic heterocycles. The molecule has 0 bridgehead atoms. The van der Waals surface area contributed by atoms with Gasteiger partial charge in [-0.25, -0.2) is 4.39 Å². The number of nitrogens with one attached hydrogen (secondary N) is 1.